The van der Waals surface area contributed by atoms with Gasteiger partial charge in [-0.2, -0.15) is 0 Å². The van der Waals surface area contributed by atoms with Crippen LogP contribution in [-0.4, -0.2) is 46.7 Å². The Morgan fingerprint density at radius 1 is 1.13 bits per heavy atom. The van der Waals surface area contributed by atoms with Gasteiger partial charge in [0.15, 0.2) is 0 Å². The molecule has 5 rings (SSSR count). The Morgan fingerprint density at radius 2 is 1.94 bits per heavy atom. The minimum atomic E-state index is -0.0481. The maximum absolute atomic E-state index is 13.4. The third kappa shape index (κ3) is 3.70. The van der Waals surface area contributed by atoms with Gasteiger partial charge in [0, 0.05) is 30.6 Å². The van der Waals surface area contributed by atoms with Gasteiger partial charge in [0.1, 0.15) is 5.82 Å². The molecule has 3 atom stereocenters. The summed E-state index contributed by atoms with van der Waals surface area (Å²) in [7, 11) is 1.76. The molecule has 1 aliphatic carbocycles. The second-order valence-corrected chi connectivity index (χ2v) is 9.87. The number of aryl methyl sites for hydroxylation is 2. The molecule has 31 heavy (non-hydrogen) atoms. The number of ether oxygens (including phenoxy) is 1. The highest BCUT2D eigenvalue weighted by atomic mass is 79.9. The van der Waals surface area contributed by atoms with E-state index in [0.717, 1.165) is 47.1 Å². The van der Waals surface area contributed by atoms with Crippen LogP contribution in [0.4, 0.5) is 0 Å². The molecular weight excluding hydrogens is 454 g/mol. The first kappa shape index (κ1) is 20.7. The predicted molar refractivity (Wildman–Crippen MR) is 125 cm³/mol. The lowest BCUT2D eigenvalue weighted by atomic mass is 9.97. The van der Waals surface area contributed by atoms with Gasteiger partial charge in [0.05, 0.1) is 23.2 Å². The standard InChI is InChI=1S/C25H28BrN3O2/c1-15-4-7-22-21(10-15)27-16(2)29(22)23-8-9-28(14-24(23)31-3)25(30)19-11-17-5-6-20(26)13-18(17)12-19/h4-7,10,13,19,23-24H,8-9,11-12,14H2,1-3H3/t19?,23-,24-/m1/s1. The molecule has 3 aromatic rings. The molecule has 2 aliphatic rings. The number of piperidine rings is 1. The Hall–Kier alpha value is -2.18. The maximum atomic E-state index is 13.4. The van der Waals surface area contributed by atoms with Crippen molar-refractivity contribution < 1.29 is 9.53 Å². The summed E-state index contributed by atoms with van der Waals surface area (Å²) in [5, 5.41) is 0. The summed E-state index contributed by atoms with van der Waals surface area (Å²) in [6.07, 6.45) is 2.49. The van der Waals surface area contributed by atoms with Crippen LogP contribution in [0, 0.1) is 19.8 Å². The molecule has 1 fully saturated rings. The molecule has 2 aromatic carbocycles. The Balaban J connectivity index is 1.35. The second kappa shape index (κ2) is 8.06. The molecule has 0 radical (unpaired) electrons. The molecule has 6 heteroatoms. The summed E-state index contributed by atoms with van der Waals surface area (Å²) in [4.78, 5) is 20.2. The number of fused-ring (bicyclic) bond motifs is 2. The second-order valence-electron chi connectivity index (χ2n) is 8.95. The molecule has 1 saturated heterocycles. The third-order valence-corrected chi connectivity index (χ3v) is 7.44. The van der Waals surface area contributed by atoms with E-state index in [-0.39, 0.29) is 24.0 Å². The van der Waals surface area contributed by atoms with E-state index in [2.05, 4.69) is 70.7 Å². The highest BCUT2D eigenvalue weighted by Gasteiger charge is 2.37. The summed E-state index contributed by atoms with van der Waals surface area (Å²) >= 11 is 3.55. The van der Waals surface area contributed by atoms with Crippen molar-refractivity contribution >= 4 is 32.9 Å². The number of carbonyl (C=O) groups is 1. The molecule has 162 valence electrons. The van der Waals surface area contributed by atoms with E-state index in [1.54, 1.807) is 7.11 Å². The van der Waals surface area contributed by atoms with Crippen LogP contribution in [0.2, 0.25) is 0 Å². The number of methoxy groups -OCH3 is 1. The topological polar surface area (TPSA) is 47.4 Å². The van der Waals surface area contributed by atoms with E-state index in [4.69, 9.17) is 9.72 Å². The average Bonchev–Trinajstić information content (AvgIpc) is 3.32. The van der Waals surface area contributed by atoms with Crippen molar-refractivity contribution in [2.24, 2.45) is 5.92 Å². The summed E-state index contributed by atoms with van der Waals surface area (Å²) in [6, 6.07) is 13.0. The largest absolute Gasteiger partial charge is 0.377 e. The maximum Gasteiger partial charge on any atom is 0.226 e. The number of amides is 1. The van der Waals surface area contributed by atoms with Crippen LogP contribution in [0.15, 0.2) is 40.9 Å². The Kier molecular flexibility index (Phi) is 5.39. The normalized spacial score (nSPS) is 23.4. The number of aromatic nitrogens is 2. The first-order valence-corrected chi connectivity index (χ1v) is 11.8. The van der Waals surface area contributed by atoms with Gasteiger partial charge in [-0.3, -0.25) is 4.79 Å². The SMILES string of the molecule is CO[C@@H]1CN(C(=O)C2Cc3ccc(Br)cc3C2)CC[C@H]1n1c(C)nc2cc(C)ccc21. The first-order valence-electron chi connectivity index (χ1n) is 11.0. The predicted octanol–water partition coefficient (Wildman–Crippen LogP) is 4.62. The monoisotopic (exact) mass is 481 g/mol. The summed E-state index contributed by atoms with van der Waals surface area (Å²) in [5.41, 5.74) is 5.98. The molecule has 0 spiro atoms. The summed E-state index contributed by atoms with van der Waals surface area (Å²) < 4.78 is 9.32. The summed E-state index contributed by atoms with van der Waals surface area (Å²) in [6.45, 7) is 5.54. The number of hydrogen-bond donors (Lipinski definition) is 0. The lowest BCUT2D eigenvalue weighted by Gasteiger charge is -2.40. The Labute approximate surface area is 191 Å². The fourth-order valence-electron chi connectivity index (χ4n) is 5.40. The van der Waals surface area contributed by atoms with E-state index in [0.29, 0.717) is 6.54 Å². The highest BCUT2D eigenvalue weighted by Crippen LogP contribution is 2.34. The van der Waals surface area contributed by atoms with Crippen molar-refractivity contribution in [3.63, 3.8) is 0 Å². The molecule has 2 heterocycles. The van der Waals surface area contributed by atoms with Crippen molar-refractivity contribution in [2.45, 2.75) is 45.3 Å². The Morgan fingerprint density at radius 3 is 2.74 bits per heavy atom. The number of likely N-dealkylation sites (tertiary alicyclic amines) is 1. The van der Waals surface area contributed by atoms with Crippen LogP contribution in [0.1, 0.15) is 35.0 Å². The number of hydrogen-bond acceptors (Lipinski definition) is 3. The van der Waals surface area contributed by atoms with E-state index in [9.17, 15) is 4.79 Å². The minimum Gasteiger partial charge on any atom is -0.377 e. The van der Waals surface area contributed by atoms with Crippen molar-refractivity contribution in [2.75, 3.05) is 20.2 Å². The van der Waals surface area contributed by atoms with Crippen LogP contribution in [0.25, 0.3) is 11.0 Å². The van der Waals surface area contributed by atoms with Crippen LogP contribution < -0.4 is 0 Å². The number of carbonyl (C=O) groups excluding carboxylic acids is 1. The number of halogens is 1. The lowest BCUT2D eigenvalue weighted by Crippen LogP contribution is -2.50. The van der Waals surface area contributed by atoms with Crippen LogP contribution in [0.5, 0.6) is 0 Å². The first-order chi connectivity index (χ1) is 14.9. The van der Waals surface area contributed by atoms with E-state index >= 15 is 0 Å². The lowest BCUT2D eigenvalue weighted by molar-refractivity contribution is -0.140. The molecule has 0 bridgehead atoms. The molecule has 1 aromatic heterocycles. The van der Waals surface area contributed by atoms with Gasteiger partial charge in [-0.25, -0.2) is 4.98 Å². The van der Waals surface area contributed by atoms with Crippen LogP contribution in [0.3, 0.4) is 0 Å². The van der Waals surface area contributed by atoms with Crippen molar-refractivity contribution in [1.29, 1.82) is 0 Å². The molecule has 1 amide bonds. The van der Waals surface area contributed by atoms with Crippen molar-refractivity contribution in [1.82, 2.24) is 14.5 Å². The number of imidazole rings is 1. The highest BCUT2D eigenvalue weighted by molar-refractivity contribution is 9.10. The van der Waals surface area contributed by atoms with Gasteiger partial charge in [0.25, 0.3) is 0 Å². The fourth-order valence-corrected chi connectivity index (χ4v) is 5.81. The molecule has 1 unspecified atom stereocenters. The Bertz CT molecular complexity index is 1160. The molecule has 5 nitrogen and oxygen atoms in total. The van der Waals surface area contributed by atoms with Crippen LogP contribution in [-0.2, 0) is 22.4 Å². The van der Waals surface area contributed by atoms with Gasteiger partial charge in [-0.05, 0) is 74.1 Å². The van der Waals surface area contributed by atoms with E-state index in [1.807, 2.05) is 4.90 Å². The van der Waals surface area contributed by atoms with Crippen molar-refractivity contribution in [3.8, 4) is 0 Å². The zero-order valence-electron chi connectivity index (χ0n) is 18.3. The average molecular weight is 482 g/mol. The fraction of sp³-hybridized carbons (Fsp3) is 0.440. The van der Waals surface area contributed by atoms with E-state index in [1.165, 1.54) is 16.7 Å². The van der Waals surface area contributed by atoms with Gasteiger partial charge < -0.3 is 14.2 Å². The van der Waals surface area contributed by atoms with Crippen LogP contribution >= 0.6 is 15.9 Å². The van der Waals surface area contributed by atoms with Crippen molar-refractivity contribution in [3.05, 3.63) is 63.4 Å². The number of rotatable bonds is 3. The number of benzene rings is 2. The molecular formula is C25H28BrN3O2. The zero-order chi connectivity index (χ0) is 21.7. The molecule has 0 N–H and O–H groups in total. The molecule has 0 saturated carbocycles. The summed E-state index contributed by atoms with van der Waals surface area (Å²) in [5.74, 6) is 1.30. The quantitative estimate of drug-likeness (QED) is 0.548. The van der Waals surface area contributed by atoms with E-state index < -0.39 is 0 Å². The molecule has 1 aliphatic heterocycles. The number of nitrogens with zero attached hydrogens (tertiary/aromatic N) is 3. The van der Waals surface area contributed by atoms with Gasteiger partial charge >= 0.3 is 0 Å². The third-order valence-electron chi connectivity index (χ3n) is 6.94. The van der Waals surface area contributed by atoms with Gasteiger partial charge in [-0.15, -0.1) is 0 Å². The zero-order valence-corrected chi connectivity index (χ0v) is 19.9. The van der Waals surface area contributed by atoms with Gasteiger partial charge in [0.2, 0.25) is 5.91 Å². The van der Waals surface area contributed by atoms with Gasteiger partial charge in [-0.1, -0.05) is 28.1 Å². The minimum absolute atomic E-state index is 0.0390. The smallest absolute Gasteiger partial charge is 0.226 e.